The van der Waals surface area contributed by atoms with Crippen LogP contribution in [0.5, 0.6) is 11.5 Å². The zero-order chi connectivity index (χ0) is 16.2. The molecular formula is C19H17NO2S. The lowest BCUT2D eigenvalue weighted by Crippen LogP contribution is -2.05. The number of hydrogen-bond acceptors (Lipinski definition) is 4. The van der Waals surface area contributed by atoms with Crippen molar-refractivity contribution in [3.8, 4) is 11.5 Å². The van der Waals surface area contributed by atoms with Crippen LogP contribution in [0, 0.1) is 0 Å². The number of benzene rings is 2. The molecular weight excluding hydrogens is 306 g/mol. The minimum absolute atomic E-state index is 0.0525. The Balaban J connectivity index is 2.14. The van der Waals surface area contributed by atoms with Gasteiger partial charge in [-0.2, -0.15) is 0 Å². The zero-order valence-corrected chi connectivity index (χ0v) is 13.5. The van der Waals surface area contributed by atoms with Gasteiger partial charge in [-0.3, -0.25) is 4.98 Å². The first-order valence-electron chi connectivity index (χ1n) is 7.26. The van der Waals surface area contributed by atoms with E-state index >= 15 is 0 Å². The van der Waals surface area contributed by atoms with Gasteiger partial charge in [0.2, 0.25) is 0 Å². The summed E-state index contributed by atoms with van der Waals surface area (Å²) in [6, 6.07) is 18.6. The second-order valence-electron chi connectivity index (χ2n) is 5.21. The largest absolute Gasteiger partial charge is 0.508 e. The van der Waals surface area contributed by atoms with Crippen molar-refractivity contribution in [1.29, 1.82) is 0 Å². The maximum absolute atomic E-state index is 9.92. The van der Waals surface area contributed by atoms with E-state index in [2.05, 4.69) is 4.98 Å². The fourth-order valence-electron chi connectivity index (χ4n) is 2.62. The van der Waals surface area contributed by atoms with E-state index < -0.39 is 0 Å². The summed E-state index contributed by atoms with van der Waals surface area (Å²) < 4.78 is 0. The summed E-state index contributed by atoms with van der Waals surface area (Å²) in [6.45, 7) is 0. The average molecular weight is 323 g/mol. The van der Waals surface area contributed by atoms with E-state index in [1.165, 1.54) is 11.8 Å². The summed E-state index contributed by atoms with van der Waals surface area (Å²) >= 11 is 1.51. The van der Waals surface area contributed by atoms with Crippen molar-refractivity contribution in [2.45, 2.75) is 10.8 Å². The summed E-state index contributed by atoms with van der Waals surface area (Å²) in [5.41, 5.74) is 3.02. The Morgan fingerprint density at radius 1 is 0.913 bits per heavy atom. The van der Waals surface area contributed by atoms with Gasteiger partial charge in [0, 0.05) is 11.1 Å². The highest BCUT2D eigenvalue weighted by Crippen LogP contribution is 2.36. The predicted octanol–water partition coefficient (Wildman–Crippen LogP) is 4.39. The van der Waals surface area contributed by atoms with Gasteiger partial charge in [0.15, 0.2) is 0 Å². The van der Waals surface area contributed by atoms with E-state index in [0.717, 1.165) is 21.7 Å². The maximum atomic E-state index is 9.92. The SMILES string of the molecule is CSc1cc(C(c2ccc(O)cc2)c2ccccn2)ccc1O. The second kappa shape index (κ2) is 6.75. The Morgan fingerprint density at radius 3 is 2.30 bits per heavy atom. The minimum atomic E-state index is -0.0525. The molecule has 2 N–H and O–H groups in total. The van der Waals surface area contributed by atoms with E-state index in [-0.39, 0.29) is 17.4 Å². The molecule has 1 atom stereocenters. The summed E-state index contributed by atoms with van der Waals surface area (Å²) in [7, 11) is 0. The minimum Gasteiger partial charge on any atom is -0.508 e. The van der Waals surface area contributed by atoms with Crippen molar-refractivity contribution in [1.82, 2.24) is 4.98 Å². The maximum Gasteiger partial charge on any atom is 0.129 e. The van der Waals surface area contributed by atoms with Crippen molar-refractivity contribution in [2.75, 3.05) is 6.26 Å². The molecule has 0 aliphatic rings. The molecule has 1 heterocycles. The number of nitrogens with zero attached hydrogens (tertiary/aromatic N) is 1. The number of pyridine rings is 1. The van der Waals surface area contributed by atoms with Gasteiger partial charge in [-0.25, -0.2) is 0 Å². The summed E-state index contributed by atoms with van der Waals surface area (Å²) in [5, 5.41) is 19.5. The Morgan fingerprint density at radius 2 is 1.65 bits per heavy atom. The van der Waals surface area contributed by atoms with Crippen molar-refractivity contribution >= 4 is 11.8 Å². The fraction of sp³-hybridized carbons (Fsp3) is 0.105. The lowest BCUT2D eigenvalue weighted by atomic mass is 9.88. The Labute approximate surface area is 139 Å². The lowest BCUT2D eigenvalue weighted by molar-refractivity contribution is 0.462. The molecule has 0 saturated heterocycles. The second-order valence-corrected chi connectivity index (χ2v) is 6.06. The third kappa shape index (κ3) is 3.32. The van der Waals surface area contributed by atoms with Crippen LogP contribution in [0.15, 0.2) is 71.8 Å². The van der Waals surface area contributed by atoms with Gasteiger partial charge in [-0.1, -0.05) is 24.3 Å². The molecule has 2 aromatic carbocycles. The topological polar surface area (TPSA) is 53.4 Å². The molecule has 3 rings (SSSR count). The molecule has 4 heteroatoms. The van der Waals surface area contributed by atoms with Gasteiger partial charge in [-0.15, -0.1) is 11.8 Å². The number of hydrogen-bond donors (Lipinski definition) is 2. The van der Waals surface area contributed by atoms with Crippen molar-refractivity contribution < 1.29 is 10.2 Å². The number of rotatable bonds is 4. The molecule has 3 nitrogen and oxygen atoms in total. The van der Waals surface area contributed by atoms with Crippen molar-refractivity contribution in [2.24, 2.45) is 0 Å². The molecule has 0 aliphatic carbocycles. The van der Waals surface area contributed by atoms with Crippen LogP contribution in [-0.4, -0.2) is 21.5 Å². The summed E-state index contributed by atoms with van der Waals surface area (Å²) in [5.74, 6) is 0.471. The van der Waals surface area contributed by atoms with Crippen LogP contribution in [0.2, 0.25) is 0 Å². The molecule has 0 aliphatic heterocycles. The zero-order valence-electron chi connectivity index (χ0n) is 12.7. The normalized spacial score (nSPS) is 12.0. The van der Waals surface area contributed by atoms with Crippen LogP contribution >= 0.6 is 11.8 Å². The Kier molecular flexibility index (Phi) is 4.53. The lowest BCUT2D eigenvalue weighted by Gasteiger charge is -2.19. The Hall–Kier alpha value is -2.46. The molecule has 1 aromatic heterocycles. The smallest absolute Gasteiger partial charge is 0.129 e. The van der Waals surface area contributed by atoms with E-state index in [1.807, 2.05) is 48.7 Å². The summed E-state index contributed by atoms with van der Waals surface area (Å²) in [6.07, 6.45) is 3.72. The summed E-state index contributed by atoms with van der Waals surface area (Å²) in [4.78, 5) is 5.34. The van der Waals surface area contributed by atoms with Gasteiger partial charge in [0.25, 0.3) is 0 Å². The molecule has 0 bridgehead atoms. The highest BCUT2D eigenvalue weighted by atomic mass is 32.2. The third-order valence-corrected chi connectivity index (χ3v) is 4.51. The molecule has 0 radical (unpaired) electrons. The van der Waals surface area contributed by atoms with Crippen molar-refractivity contribution in [3.63, 3.8) is 0 Å². The first-order chi connectivity index (χ1) is 11.2. The first kappa shape index (κ1) is 15.4. The number of phenols is 2. The standard InChI is InChI=1S/C19H17NO2S/c1-23-18-12-14(7-10-17(18)22)19(16-4-2-3-11-20-16)13-5-8-15(21)9-6-13/h2-12,19,21-22H,1H3. The van der Waals surface area contributed by atoms with Gasteiger partial charge < -0.3 is 10.2 Å². The molecule has 3 aromatic rings. The van der Waals surface area contributed by atoms with E-state index in [1.54, 1.807) is 24.4 Å². The van der Waals surface area contributed by atoms with Gasteiger partial charge in [0.1, 0.15) is 11.5 Å². The average Bonchev–Trinajstić information content (AvgIpc) is 2.59. The van der Waals surface area contributed by atoms with Crippen LogP contribution in [0.25, 0.3) is 0 Å². The van der Waals surface area contributed by atoms with Gasteiger partial charge >= 0.3 is 0 Å². The number of aromatic nitrogens is 1. The molecule has 23 heavy (non-hydrogen) atoms. The molecule has 0 saturated carbocycles. The Bertz CT molecular complexity index is 788. The highest BCUT2D eigenvalue weighted by molar-refractivity contribution is 7.98. The molecule has 116 valence electrons. The number of phenolic OH excluding ortho intramolecular Hbond substituents is 2. The van der Waals surface area contributed by atoms with E-state index in [4.69, 9.17) is 0 Å². The van der Waals surface area contributed by atoms with Gasteiger partial charge in [0.05, 0.1) is 11.6 Å². The molecule has 0 fully saturated rings. The molecule has 0 spiro atoms. The number of aromatic hydroxyl groups is 2. The quantitative estimate of drug-likeness (QED) is 0.699. The fourth-order valence-corrected chi connectivity index (χ4v) is 3.15. The highest BCUT2D eigenvalue weighted by Gasteiger charge is 2.19. The van der Waals surface area contributed by atoms with Crippen LogP contribution in [-0.2, 0) is 0 Å². The van der Waals surface area contributed by atoms with E-state index in [9.17, 15) is 10.2 Å². The first-order valence-corrected chi connectivity index (χ1v) is 8.48. The molecule has 1 unspecified atom stereocenters. The van der Waals surface area contributed by atoms with Crippen LogP contribution in [0.3, 0.4) is 0 Å². The van der Waals surface area contributed by atoms with Crippen LogP contribution in [0.4, 0.5) is 0 Å². The van der Waals surface area contributed by atoms with Crippen molar-refractivity contribution in [3.05, 3.63) is 83.7 Å². The molecule has 0 amide bonds. The monoisotopic (exact) mass is 323 g/mol. The van der Waals surface area contributed by atoms with Gasteiger partial charge in [-0.05, 0) is 53.8 Å². The third-order valence-electron chi connectivity index (χ3n) is 3.75. The van der Waals surface area contributed by atoms with E-state index in [0.29, 0.717) is 0 Å². The number of thioether (sulfide) groups is 1. The predicted molar refractivity (Wildman–Crippen MR) is 93.2 cm³/mol. The van der Waals surface area contributed by atoms with Crippen LogP contribution < -0.4 is 0 Å². The van der Waals surface area contributed by atoms with Crippen LogP contribution in [0.1, 0.15) is 22.7 Å².